The molecular weight excluding hydrogens is 395 g/mol. The fraction of sp³-hybridized carbons (Fsp3) is 0.286. The predicted molar refractivity (Wildman–Crippen MR) is 110 cm³/mol. The van der Waals surface area contributed by atoms with Crippen LogP contribution in [-0.4, -0.2) is 27.5 Å². The van der Waals surface area contributed by atoms with Gasteiger partial charge in [-0.2, -0.15) is 0 Å². The minimum absolute atomic E-state index is 0.0446. The van der Waals surface area contributed by atoms with Gasteiger partial charge in [-0.05, 0) is 56.7 Å². The first-order chi connectivity index (χ1) is 13.5. The lowest BCUT2D eigenvalue weighted by molar-refractivity contribution is -0.127. The zero-order chi connectivity index (χ0) is 21.4. The third-order valence-electron chi connectivity index (χ3n) is 4.67. The maximum atomic E-state index is 13.5. The molecule has 0 atom stereocenters. The van der Waals surface area contributed by atoms with Crippen LogP contribution in [0.1, 0.15) is 19.4 Å². The Kier molecular flexibility index (Phi) is 5.40. The van der Waals surface area contributed by atoms with Crippen LogP contribution in [0.4, 0.5) is 15.8 Å². The van der Waals surface area contributed by atoms with Gasteiger partial charge in [0.2, 0.25) is 5.91 Å². The van der Waals surface area contributed by atoms with Gasteiger partial charge in [0.1, 0.15) is 18.2 Å². The number of carbonyl (C=O) groups excluding carboxylic acids is 1. The van der Waals surface area contributed by atoms with Gasteiger partial charge >= 0.3 is 0 Å². The van der Waals surface area contributed by atoms with Crippen LogP contribution in [0.15, 0.2) is 53.9 Å². The SMILES string of the molecule is C=CCN1C(=O)C(C)(C)COc2cc(NS(=O)(=O)c3ccc(F)c(C)c3)ccc21. The van der Waals surface area contributed by atoms with Crippen molar-refractivity contribution in [2.75, 3.05) is 22.8 Å². The van der Waals surface area contributed by atoms with Crippen LogP contribution < -0.4 is 14.4 Å². The summed E-state index contributed by atoms with van der Waals surface area (Å²) in [5.41, 5.74) is 0.310. The molecule has 1 aliphatic heterocycles. The molecule has 0 aromatic heterocycles. The maximum Gasteiger partial charge on any atom is 0.261 e. The van der Waals surface area contributed by atoms with E-state index >= 15 is 0 Å². The number of halogens is 1. The van der Waals surface area contributed by atoms with Gasteiger partial charge < -0.3 is 9.64 Å². The summed E-state index contributed by atoms with van der Waals surface area (Å²) in [6.45, 7) is 9.23. The Morgan fingerprint density at radius 1 is 1.28 bits per heavy atom. The van der Waals surface area contributed by atoms with E-state index in [0.717, 1.165) is 6.07 Å². The molecule has 0 spiro atoms. The molecule has 0 fully saturated rings. The van der Waals surface area contributed by atoms with Gasteiger partial charge in [-0.25, -0.2) is 12.8 Å². The monoisotopic (exact) mass is 418 g/mol. The van der Waals surface area contributed by atoms with Crippen molar-refractivity contribution in [1.82, 2.24) is 0 Å². The van der Waals surface area contributed by atoms with Gasteiger partial charge in [-0.3, -0.25) is 9.52 Å². The van der Waals surface area contributed by atoms with Gasteiger partial charge in [0.25, 0.3) is 10.0 Å². The quantitative estimate of drug-likeness (QED) is 0.748. The van der Waals surface area contributed by atoms with Crippen LogP contribution in [0, 0.1) is 18.2 Å². The molecule has 154 valence electrons. The van der Waals surface area contributed by atoms with Crippen molar-refractivity contribution in [3.63, 3.8) is 0 Å². The Morgan fingerprint density at radius 3 is 2.66 bits per heavy atom. The van der Waals surface area contributed by atoms with Crippen LogP contribution in [0.5, 0.6) is 5.75 Å². The number of nitrogens with zero attached hydrogens (tertiary/aromatic N) is 1. The molecule has 2 aromatic rings. The molecule has 0 bridgehead atoms. The molecule has 2 aromatic carbocycles. The number of fused-ring (bicyclic) bond motifs is 1. The molecule has 1 heterocycles. The molecular formula is C21H23FN2O4S. The third kappa shape index (κ3) is 4.12. The standard InChI is InChI=1S/C21H23FN2O4S/c1-5-10-24-18-9-6-15(12-19(18)28-13-21(3,4)20(24)25)23-29(26,27)16-7-8-17(22)14(2)11-16/h5-9,11-12,23H,1,10,13H2,2-4H3. The smallest absolute Gasteiger partial charge is 0.261 e. The lowest BCUT2D eigenvalue weighted by Gasteiger charge is -2.27. The lowest BCUT2D eigenvalue weighted by atomic mass is 9.93. The topological polar surface area (TPSA) is 75.7 Å². The normalized spacial score (nSPS) is 15.9. The predicted octanol–water partition coefficient (Wildman–Crippen LogP) is 3.87. The van der Waals surface area contributed by atoms with Gasteiger partial charge in [0, 0.05) is 12.6 Å². The van der Waals surface area contributed by atoms with Crippen LogP contribution in [0.3, 0.4) is 0 Å². The van der Waals surface area contributed by atoms with Crippen LogP contribution >= 0.6 is 0 Å². The number of rotatable bonds is 5. The highest BCUT2D eigenvalue weighted by atomic mass is 32.2. The fourth-order valence-corrected chi connectivity index (χ4v) is 4.15. The van der Waals surface area contributed by atoms with Crippen molar-refractivity contribution < 1.29 is 22.3 Å². The number of hydrogen-bond donors (Lipinski definition) is 1. The number of sulfonamides is 1. The Morgan fingerprint density at radius 2 is 2.00 bits per heavy atom. The first-order valence-corrected chi connectivity index (χ1v) is 10.5. The van der Waals surface area contributed by atoms with Gasteiger partial charge in [0.15, 0.2) is 0 Å². The van der Waals surface area contributed by atoms with E-state index in [9.17, 15) is 17.6 Å². The number of amides is 1. The molecule has 1 N–H and O–H groups in total. The first-order valence-electron chi connectivity index (χ1n) is 9.04. The van der Waals surface area contributed by atoms with Crippen molar-refractivity contribution in [3.05, 3.63) is 60.4 Å². The summed E-state index contributed by atoms with van der Waals surface area (Å²) in [5.74, 6) is -0.190. The summed E-state index contributed by atoms with van der Waals surface area (Å²) < 4.78 is 47.1. The van der Waals surface area contributed by atoms with E-state index in [-0.39, 0.29) is 28.7 Å². The number of hydrogen-bond acceptors (Lipinski definition) is 4. The van der Waals surface area contributed by atoms with Crippen molar-refractivity contribution >= 4 is 27.3 Å². The van der Waals surface area contributed by atoms with Crippen LogP contribution in [-0.2, 0) is 14.8 Å². The summed E-state index contributed by atoms with van der Waals surface area (Å²) in [6, 6.07) is 8.31. The van der Waals surface area contributed by atoms with E-state index in [2.05, 4.69) is 11.3 Å². The van der Waals surface area contributed by atoms with Crippen molar-refractivity contribution in [2.24, 2.45) is 5.41 Å². The van der Waals surface area contributed by atoms with Crippen molar-refractivity contribution in [3.8, 4) is 5.75 Å². The Hall–Kier alpha value is -2.87. The van der Waals surface area contributed by atoms with Crippen LogP contribution in [0.2, 0.25) is 0 Å². The molecule has 6 nitrogen and oxygen atoms in total. The molecule has 0 radical (unpaired) electrons. The molecule has 29 heavy (non-hydrogen) atoms. The van der Waals surface area contributed by atoms with E-state index in [4.69, 9.17) is 4.74 Å². The number of ether oxygens (including phenoxy) is 1. The van der Waals surface area contributed by atoms with E-state index < -0.39 is 21.3 Å². The molecule has 0 unspecified atom stereocenters. The number of nitrogens with one attached hydrogen (secondary N) is 1. The molecule has 1 aliphatic rings. The molecule has 8 heteroatoms. The summed E-state index contributed by atoms with van der Waals surface area (Å²) in [5, 5.41) is 0. The number of anilines is 2. The molecule has 0 saturated carbocycles. The lowest BCUT2D eigenvalue weighted by Crippen LogP contribution is -2.42. The molecule has 1 amide bonds. The van der Waals surface area contributed by atoms with E-state index in [1.165, 1.54) is 25.1 Å². The minimum atomic E-state index is -3.91. The van der Waals surface area contributed by atoms with Crippen molar-refractivity contribution in [2.45, 2.75) is 25.7 Å². The van der Waals surface area contributed by atoms with E-state index in [1.54, 1.807) is 37.0 Å². The number of benzene rings is 2. The highest BCUT2D eigenvalue weighted by Crippen LogP contribution is 2.38. The molecule has 3 rings (SSSR count). The maximum absolute atomic E-state index is 13.5. The number of aryl methyl sites for hydroxylation is 1. The summed E-state index contributed by atoms with van der Waals surface area (Å²) in [4.78, 5) is 14.4. The average Bonchev–Trinajstić information content (AvgIpc) is 2.74. The second-order valence-electron chi connectivity index (χ2n) is 7.58. The highest BCUT2D eigenvalue weighted by molar-refractivity contribution is 7.92. The Labute approximate surface area is 170 Å². The van der Waals surface area contributed by atoms with E-state index in [0.29, 0.717) is 18.0 Å². The second-order valence-corrected chi connectivity index (χ2v) is 9.26. The second kappa shape index (κ2) is 7.51. The van der Waals surface area contributed by atoms with Gasteiger partial charge in [0.05, 0.1) is 21.7 Å². The highest BCUT2D eigenvalue weighted by Gasteiger charge is 2.37. The summed E-state index contributed by atoms with van der Waals surface area (Å²) in [6.07, 6.45) is 1.62. The zero-order valence-corrected chi connectivity index (χ0v) is 17.3. The van der Waals surface area contributed by atoms with Gasteiger partial charge in [-0.15, -0.1) is 6.58 Å². The first kappa shape index (κ1) is 20.9. The Bertz CT molecular complexity index is 1080. The largest absolute Gasteiger partial charge is 0.490 e. The van der Waals surface area contributed by atoms with E-state index in [1.807, 2.05) is 0 Å². The minimum Gasteiger partial charge on any atom is -0.490 e. The molecule has 0 aliphatic carbocycles. The van der Waals surface area contributed by atoms with Crippen molar-refractivity contribution in [1.29, 1.82) is 0 Å². The fourth-order valence-electron chi connectivity index (χ4n) is 3.02. The third-order valence-corrected chi connectivity index (χ3v) is 6.05. The summed E-state index contributed by atoms with van der Waals surface area (Å²) in [7, 11) is -3.91. The summed E-state index contributed by atoms with van der Waals surface area (Å²) >= 11 is 0. The zero-order valence-electron chi connectivity index (χ0n) is 16.5. The van der Waals surface area contributed by atoms with Crippen LogP contribution in [0.25, 0.3) is 0 Å². The average molecular weight is 418 g/mol. The number of carbonyl (C=O) groups is 1. The van der Waals surface area contributed by atoms with Gasteiger partial charge in [-0.1, -0.05) is 6.08 Å². The Balaban J connectivity index is 1.96. The molecule has 0 saturated heterocycles.